The third-order valence-corrected chi connectivity index (χ3v) is 16.7. The molecule has 0 N–H and O–H groups in total. The SMILES string of the molecule is CC(C)(C)c1ccnc(-n2c3[c-]c([Si]4(c5[c-]c(-n6[c-][n+](-c7c(-c8ccccc8)cccc7-c7ccccc7)c7ccccc76)ccc5)Oc5ccccc5-c5ccccc5O4)ccc3c3ccccc32)c1.[Pt]. The van der Waals surface area contributed by atoms with Gasteiger partial charge in [-0.1, -0.05) is 194 Å². The molecule has 9 aromatic carbocycles. The Balaban J connectivity index is 0.00000530. The smallest absolute Gasteiger partial charge is 0.479 e. The minimum atomic E-state index is -3.89. The molecule has 72 heavy (non-hydrogen) atoms. The van der Waals surface area contributed by atoms with Crippen molar-refractivity contribution in [3.05, 3.63) is 249 Å². The van der Waals surface area contributed by atoms with Crippen LogP contribution < -0.4 is 23.8 Å². The van der Waals surface area contributed by atoms with Crippen molar-refractivity contribution in [1.29, 1.82) is 0 Å². The molecular formula is C64H46N4O2PtSi-2. The number of nitrogens with zero attached hydrogens (tertiary/aromatic N) is 4. The normalized spacial score (nSPS) is 12.9. The minimum Gasteiger partial charge on any atom is -0.507 e. The molecule has 0 atom stereocenters. The first-order valence-corrected chi connectivity index (χ1v) is 25.9. The molecule has 4 heterocycles. The summed E-state index contributed by atoms with van der Waals surface area (Å²) in [6, 6.07) is 84.1. The molecule has 0 saturated heterocycles. The van der Waals surface area contributed by atoms with Gasteiger partial charge in [-0.15, -0.1) is 5.39 Å². The maximum Gasteiger partial charge on any atom is 0.479 e. The fraction of sp³-hybridized carbons (Fsp3) is 0.0625. The van der Waals surface area contributed by atoms with Crippen molar-refractivity contribution in [2.45, 2.75) is 26.2 Å². The van der Waals surface area contributed by atoms with E-state index in [1.807, 2.05) is 18.3 Å². The van der Waals surface area contributed by atoms with Gasteiger partial charge >= 0.3 is 8.56 Å². The summed E-state index contributed by atoms with van der Waals surface area (Å²) in [4.78, 5) is 5.00. The summed E-state index contributed by atoms with van der Waals surface area (Å²) in [5.41, 5.74) is 13.2. The van der Waals surface area contributed by atoms with E-state index in [2.05, 4.69) is 259 Å². The van der Waals surface area contributed by atoms with E-state index in [1.165, 1.54) is 5.56 Å². The zero-order chi connectivity index (χ0) is 47.7. The van der Waals surface area contributed by atoms with E-state index in [0.717, 1.165) is 105 Å². The summed E-state index contributed by atoms with van der Waals surface area (Å²) < 4.78 is 21.8. The fourth-order valence-corrected chi connectivity index (χ4v) is 13.2. The Hall–Kier alpha value is -8.09. The maximum absolute atomic E-state index is 7.62. The van der Waals surface area contributed by atoms with Gasteiger partial charge in [-0.05, 0) is 74.6 Å². The standard InChI is InChI=1S/C64H46N4O2Si.Pt/c1-64(2,3)46-38-39-65-62(40-46)68-56-31-13-10-26-52(56)53-37-36-49(42-59(53)68)71(69-60-34-16-11-27-54(60)55-28-12-17-35-61(55)70-71)48-25-18-24-47(41-48)66-43-67(58-33-15-14-32-57(58)66)63-50(44-20-6-4-7-21-44)29-19-30-51(63)45-22-8-5-9-23-45;/h4-40H,1-3H3;/q-2;. The number of hydrogen-bond donors (Lipinski definition) is 0. The van der Waals surface area contributed by atoms with E-state index >= 15 is 0 Å². The number of benzene rings is 9. The molecule has 1 aliphatic rings. The van der Waals surface area contributed by atoms with Gasteiger partial charge in [0.1, 0.15) is 17.3 Å². The molecule has 8 heteroatoms. The van der Waals surface area contributed by atoms with Crippen LogP contribution in [0.1, 0.15) is 26.3 Å². The molecule has 0 fully saturated rings. The molecule has 12 aromatic rings. The molecule has 0 radical (unpaired) electrons. The quantitative estimate of drug-likeness (QED) is 0.0907. The molecule has 0 unspecified atom stereocenters. The van der Waals surface area contributed by atoms with Crippen LogP contribution in [0.2, 0.25) is 0 Å². The number of rotatable bonds is 7. The molecule has 6 nitrogen and oxygen atoms in total. The van der Waals surface area contributed by atoms with Crippen molar-refractivity contribution < 1.29 is 34.5 Å². The van der Waals surface area contributed by atoms with Gasteiger partial charge in [0.25, 0.3) is 6.33 Å². The van der Waals surface area contributed by atoms with Crippen LogP contribution in [0, 0.1) is 18.5 Å². The van der Waals surface area contributed by atoms with Gasteiger partial charge in [0, 0.05) is 43.9 Å². The van der Waals surface area contributed by atoms with Crippen molar-refractivity contribution in [3.63, 3.8) is 0 Å². The van der Waals surface area contributed by atoms with Crippen molar-refractivity contribution in [1.82, 2.24) is 14.1 Å². The Bertz CT molecular complexity index is 3900. The zero-order valence-corrected chi connectivity index (χ0v) is 43.1. The van der Waals surface area contributed by atoms with Crippen molar-refractivity contribution >= 4 is 51.8 Å². The van der Waals surface area contributed by atoms with Crippen molar-refractivity contribution in [3.8, 4) is 62.1 Å². The molecule has 1 aliphatic heterocycles. The third kappa shape index (κ3) is 7.51. The Kier molecular flexibility index (Phi) is 11.2. The molecule has 350 valence electrons. The van der Waals surface area contributed by atoms with Gasteiger partial charge in [-0.2, -0.15) is 42.5 Å². The molecule has 0 aliphatic carbocycles. The molecule has 0 amide bonds. The van der Waals surface area contributed by atoms with Crippen LogP contribution in [0.15, 0.2) is 225 Å². The zero-order valence-electron chi connectivity index (χ0n) is 39.8. The number of fused-ring (bicyclic) bond motifs is 7. The van der Waals surface area contributed by atoms with E-state index in [9.17, 15) is 0 Å². The summed E-state index contributed by atoms with van der Waals surface area (Å²) in [5.74, 6) is 2.30. The molecule has 3 aromatic heterocycles. The number of aromatic nitrogens is 4. The molecule has 13 rings (SSSR count). The van der Waals surface area contributed by atoms with Gasteiger partial charge in [0.2, 0.25) is 0 Å². The first kappa shape index (κ1) is 45.1. The first-order chi connectivity index (χ1) is 34.8. The summed E-state index contributed by atoms with van der Waals surface area (Å²) in [5, 5.41) is 3.78. The summed E-state index contributed by atoms with van der Waals surface area (Å²) in [6.45, 7) is 6.70. The van der Waals surface area contributed by atoms with Crippen LogP contribution in [-0.4, -0.2) is 22.7 Å². The van der Waals surface area contributed by atoms with E-state index < -0.39 is 8.56 Å². The molecule has 0 bridgehead atoms. The Morgan fingerprint density at radius 3 is 1.76 bits per heavy atom. The van der Waals surface area contributed by atoms with Gasteiger partial charge in [-0.25, -0.2) is 4.98 Å². The summed E-state index contributed by atoms with van der Waals surface area (Å²) in [6.07, 6.45) is 5.78. The largest absolute Gasteiger partial charge is 0.507 e. The Morgan fingerprint density at radius 1 is 0.514 bits per heavy atom. The van der Waals surface area contributed by atoms with Crippen LogP contribution in [0.25, 0.3) is 83.4 Å². The Morgan fingerprint density at radius 2 is 1.08 bits per heavy atom. The van der Waals surface area contributed by atoms with E-state index in [1.54, 1.807) is 0 Å². The van der Waals surface area contributed by atoms with Crippen LogP contribution in [0.5, 0.6) is 11.5 Å². The summed E-state index contributed by atoms with van der Waals surface area (Å²) >= 11 is 0. The molecule has 0 saturated carbocycles. The van der Waals surface area contributed by atoms with Crippen molar-refractivity contribution in [2.75, 3.05) is 0 Å². The Labute approximate surface area is 434 Å². The van der Waals surface area contributed by atoms with Gasteiger partial charge in [-0.3, -0.25) is 4.57 Å². The van der Waals surface area contributed by atoms with Crippen LogP contribution >= 0.6 is 0 Å². The number of pyridine rings is 1. The van der Waals surface area contributed by atoms with Crippen LogP contribution in [0.3, 0.4) is 0 Å². The van der Waals surface area contributed by atoms with Crippen LogP contribution in [-0.2, 0) is 26.5 Å². The topological polar surface area (TPSA) is 45.1 Å². The number of imidazole rings is 1. The average molecular weight is 1130 g/mol. The van der Waals surface area contributed by atoms with Crippen molar-refractivity contribution in [2.24, 2.45) is 0 Å². The van der Waals surface area contributed by atoms with E-state index in [4.69, 9.17) is 13.8 Å². The van der Waals surface area contributed by atoms with E-state index in [0.29, 0.717) is 0 Å². The predicted molar refractivity (Wildman–Crippen MR) is 288 cm³/mol. The summed E-state index contributed by atoms with van der Waals surface area (Å²) in [7, 11) is -3.89. The number of hydrogen-bond acceptors (Lipinski definition) is 3. The van der Waals surface area contributed by atoms with Gasteiger partial charge in [0.15, 0.2) is 0 Å². The number of para-hydroxylation sites is 6. The molecule has 0 spiro atoms. The third-order valence-electron chi connectivity index (χ3n) is 13.7. The average Bonchev–Trinajstić information content (AvgIpc) is 3.92. The second kappa shape index (κ2) is 17.9. The fourth-order valence-electron chi connectivity index (χ4n) is 10.3. The first-order valence-electron chi connectivity index (χ1n) is 24.0. The van der Waals surface area contributed by atoms with E-state index in [-0.39, 0.29) is 26.5 Å². The minimum absolute atomic E-state index is 0. The van der Waals surface area contributed by atoms with Gasteiger partial charge < -0.3 is 18.0 Å². The monoisotopic (exact) mass is 1130 g/mol. The molecular weight excluding hydrogens is 1080 g/mol. The van der Waals surface area contributed by atoms with Gasteiger partial charge in [0.05, 0.1) is 16.7 Å². The predicted octanol–water partition coefficient (Wildman–Crippen LogP) is 13.1. The van der Waals surface area contributed by atoms with Crippen LogP contribution in [0.4, 0.5) is 0 Å². The second-order valence-corrected chi connectivity index (χ2v) is 21.8. The maximum atomic E-state index is 7.62. The second-order valence-electron chi connectivity index (χ2n) is 19.1.